The van der Waals surface area contributed by atoms with Gasteiger partial charge in [-0.15, -0.1) is 11.3 Å². The van der Waals surface area contributed by atoms with Crippen LogP contribution in [-0.2, 0) is 0 Å². The highest BCUT2D eigenvalue weighted by molar-refractivity contribution is 7.21. The summed E-state index contributed by atoms with van der Waals surface area (Å²) in [6, 6.07) is 5.50. The van der Waals surface area contributed by atoms with Crippen LogP contribution in [0, 0.1) is 11.8 Å². The van der Waals surface area contributed by atoms with E-state index in [1.807, 2.05) is 12.1 Å². The first kappa shape index (κ1) is 12.8. The fourth-order valence-corrected chi connectivity index (χ4v) is 3.56. The van der Waals surface area contributed by atoms with Crippen molar-refractivity contribution in [3.8, 4) is 0 Å². The van der Waals surface area contributed by atoms with E-state index in [0.717, 1.165) is 22.5 Å². The molecule has 0 saturated heterocycles. The summed E-state index contributed by atoms with van der Waals surface area (Å²) in [6.45, 7) is 2.95. The Bertz CT molecular complexity index is 652. The number of nitrogens with one attached hydrogen (secondary N) is 1. The van der Waals surface area contributed by atoms with E-state index in [1.165, 1.54) is 17.8 Å². The van der Waals surface area contributed by atoms with Gasteiger partial charge in [-0.2, -0.15) is 0 Å². The molecule has 3 N–H and O–H groups in total. The molecule has 1 aromatic heterocycles. The van der Waals surface area contributed by atoms with Crippen molar-refractivity contribution in [3.05, 3.63) is 28.1 Å². The summed E-state index contributed by atoms with van der Waals surface area (Å²) < 4.78 is 0.954. The molecule has 19 heavy (non-hydrogen) atoms. The van der Waals surface area contributed by atoms with Crippen LogP contribution in [0.15, 0.2) is 18.2 Å². The SMILES string of the molecule is CC1CC1CNC(=O)c1sc2cc(Cl)ccc2c1N. The van der Waals surface area contributed by atoms with Gasteiger partial charge in [0.25, 0.3) is 5.91 Å². The van der Waals surface area contributed by atoms with Gasteiger partial charge in [-0.05, 0) is 36.5 Å². The van der Waals surface area contributed by atoms with Gasteiger partial charge >= 0.3 is 0 Å². The minimum absolute atomic E-state index is 0.0751. The normalized spacial score (nSPS) is 21.6. The minimum Gasteiger partial charge on any atom is -0.397 e. The van der Waals surface area contributed by atoms with Crippen LogP contribution in [0.5, 0.6) is 0 Å². The number of benzene rings is 1. The lowest BCUT2D eigenvalue weighted by Gasteiger charge is -2.03. The summed E-state index contributed by atoms with van der Waals surface area (Å²) in [7, 11) is 0. The summed E-state index contributed by atoms with van der Waals surface area (Å²) in [6.07, 6.45) is 1.21. The van der Waals surface area contributed by atoms with E-state index >= 15 is 0 Å². The van der Waals surface area contributed by atoms with Crippen molar-refractivity contribution in [2.45, 2.75) is 13.3 Å². The highest BCUT2D eigenvalue weighted by atomic mass is 35.5. The van der Waals surface area contributed by atoms with E-state index in [2.05, 4.69) is 12.2 Å². The van der Waals surface area contributed by atoms with E-state index in [9.17, 15) is 4.79 Å². The molecule has 0 radical (unpaired) electrons. The first-order chi connectivity index (χ1) is 9.06. The molecule has 5 heteroatoms. The Hall–Kier alpha value is -1.26. The van der Waals surface area contributed by atoms with E-state index < -0.39 is 0 Å². The molecular weight excluding hydrogens is 280 g/mol. The maximum absolute atomic E-state index is 12.1. The predicted molar refractivity (Wildman–Crippen MR) is 80.9 cm³/mol. The number of amides is 1. The fraction of sp³-hybridized carbons (Fsp3) is 0.357. The second-order valence-corrected chi connectivity index (χ2v) is 6.66. The second-order valence-electron chi connectivity index (χ2n) is 5.17. The number of halogens is 1. The van der Waals surface area contributed by atoms with Crippen molar-refractivity contribution in [2.24, 2.45) is 11.8 Å². The molecule has 1 aromatic carbocycles. The molecule has 1 aliphatic rings. The highest BCUT2D eigenvalue weighted by Gasteiger charge is 2.32. The van der Waals surface area contributed by atoms with E-state index in [0.29, 0.717) is 21.5 Å². The lowest BCUT2D eigenvalue weighted by atomic mass is 10.2. The second kappa shape index (κ2) is 4.69. The molecule has 100 valence electrons. The van der Waals surface area contributed by atoms with Crippen molar-refractivity contribution in [1.29, 1.82) is 0 Å². The Labute approximate surface area is 120 Å². The molecule has 1 heterocycles. The first-order valence-electron chi connectivity index (χ1n) is 6.32. The number of hydrogen-bond acceptors (Lipinski definition) is 3. The molecule has 0 bridgehead atoms. The average Bonchev–Trinajstić information content (AvgIpc) is 2.98. The number of anilines is 1. The van der Waals surface area contributed by atoms with Crippen molar-refractivity contribution < 1.29 is 4.79 Å². The van der Waals surface area contributed by atoms with Crippen molar-refractivity contribution in [1.82, 2.24) is 5.32 Å². The van der Waals surface area contributed by atoms with Gasteiger partial charge in [0.15, 0.2) is 0 Å². The van der Waals surface area contributed by atoms with E-state index in [4.69, 9.17) is 17.3 Å². The lowest BCUT2D eigenvalue weighted by Crippen LogP contribution is -2.25. The maximum atomic E-state index is 12.1. The Kier molecular flexibility index (Phi) is 3.15. The monoisotopic (exact) mass is 294 g/mol. The van der Waals surface area contributed by atoms with Crippen LogP contribution in [0.25, 0.3) is 10.1 Å². The molecule has 3 nitrogen and oxygen atoms in total. The molecule has 3 rings (SSSR count). The summed E-state index contributed by atoms with van der Waals surface area (Å²) in [5.74, 6) is 1.29. The number of rotatable bonds is 3. The van der Waals surface area contributed by atoms with Crippen LogP contribution in [0.1, 0.15) is 23.0 Å². The molecule has 1 aliphatic carbocycles. The Morgan fingerprint density at radius 3 is 3.00 bits per heavy atom. The molecule has 0 aliphatic heterocycles. The van der Waals surface area contributed by atoms with Gasteiger partial charge in [-0.3, -0.25) is 4.79 Å². The smallest absolute Gasteiger partial charge is 0.263 e. The van der Waals surface area contributed by atoms with Crippen LogP contribution >= 0.6 is 22.9 Å². The molecular formula is C14H15ClN2OS. The quantitative estimate of drug-likeness (QED) is 0.910. The van der Waals surface area contributed by atoms with Crippen LogP contribution in [0.4, 0.5) is 5.69 Å². The van der Waals surface area contributed by atoms with E-state index in [1.54, 1.807) is 6.07 Å². The molecule has 1 saturated carbocycles. The zero-order chi connectivity index (χ0) is 13.6. The third-order valence-corrected chi connectivity index (χ3v) is 5.10. The van der Waals surface area contributed by atoms with Crippen LogP contribution in [0.2, 0.25) is 5.02 Å². The maximum Gasteiger partial charge on any atom is 0.263 e. The van der Waals surface area contributed by atoms with Gasteiger partial charge in [0.2, 0.25) is 0 Å². The Balaban J connectivity index is 1.83. The lowest BCUT2D eigenvalue weighted by molar-refractivity contribution is 0.0956. The number of hydrogen-bond donors (Lipinski definition) is 2. The van der Waals surface area contributed by atoms with Crippen LogP contribution in [0.3, 0.4) is 0 Å². The third-order valence-electron chi connectivity index (χ3n) is 3.70. The number of fused-ring (bicyclic) bond motifs is 1. The number of nitrogen functional groups attached to an aromatic ring is 1. The topological polar surface area (TPSA) is 55.1 Å². The van der Waals surface area contributed by atoms with Gasteiger partial charge in [0, 0.05) is 21.7 Å². The largest absolute Gasteiger partial charge is 0.397 e. The summed E-state index contributed by atoms with van der Waals surface area (Å²) >= 11 is 7.35. The van der Waals surface area contributed by atoms with Gasteiger partial charge in [-0.1, -0.05) is 18.5 Å². The van der Waals surface area contributed by atoms with E-state index in [-0.39, 0.29) is 5.91 Å². The summed E-state index contributed by atoms with van der Waals surface area (Å²) in [5.41, 5.74) is 6.60. The Morgan fingerprint density at radius 2 is 2.32 bits per heavy atom. The molecule has 2 unspecified atom stereocenters. The summed E-state index contributed by atoms with van der Waals surface area (Å²) in [5, 5.41) is 4.53. The van der Waals surface area contributed by atoms with Gasteiger partial charge in [0.1, 0.15) is 4.88 Å². The first-order valence-corrected chi connectivity index (χ1v) is 7.51. The van der Waals surface area contributed by atoms with Crippen molar-refractivity contribution in [3.63, 3.8) is 0 Å². The predicted octanol–water partition coefficient (Wildman–Crippen LogP) is 3.52. The van der Waals surface area contributed by atoms with Crippen molar-refractivity contribution in [2.75, 3.05) is 12.3 Å². The zero-order valence-corrected chi connectivity index (χ0v) is 12.1. The number of carbonyl (C=O) groups excluding carboxylic acids is 1. The molecule has 1 fully saturated rings. The van der Waals surface area contributed by atoms with Gasteiger partial charge < -0.3 is 11.1 Å². The third kappa shape index (κ3) is 2.42. The summed E-state index contributed by atoms with van der Waals surface area (Å²) in [4.78, 5) is 12.7. The Morgan fingerprint density at radius 1 is 1.58 bits per heavy atom. The molecule has 2 atom stereocenters. The number of nitrogens with two attached hydrogens (primary N) is 1. The van der Waals surface area contributed by atoms with Crippen LogP contribution in [-0.4, -0.2) is 12.5 Å². The number of carbonyl (C=O) groups is 1. The standard InChI is InChI=1S/C14H15ClN2OS/c1-7-4-8(7)6-17-14(18)13-12(16)10-3-2-9(15)5-11(10)19-13/h2-3,5,7-8H,4,6,16H2,1H3,(H,17,18). The minimum atomic E-state index is -0.0751. The van der Waals surface area contributed by atoms with Gasteiger partial charge in [0.05, 0.1) is 5.69 Å². The zero-order valence-electron chi connectivity index (χ0n) is 10.6. The molecule has 2 aromatic rings. The molecule has 0 spiro atoms. The highest BCUT2D eigenvalue weighted by Crippen LogP contribution is 2.38. The number of thiophene rings is 1. The van der Waals surface area contributed by atoms with Crippen molar-refractivity contribution >= 4 is 44.6 Å². The average molecular weight is 295 g/mol. The van der Waals surface area contributed by atoms with Crippen LogP contribution < -0.4 is 11.1 Å². The van der Waals surface area contributed by atoms with Gasteiger partial charge in [-0.25, -0.2) is 0 Å². The fourth-order valence-electron chi connectivity index (χ4n) is 2.25. The molecule has 1 amide bonds.